The third kappa shape index (κ3) is 5.36. The lowest BCUT2D eigenvalue weighted by molar-refractivity contribution is -0.123. The van der Waals surface area contributed by atoms with E-state index in [-0.39, 0.29) is 11.9 Å². The van der Waals surface area contributed by atoms with E-state index in [0.29, 0.717) is 18.9 Å². The van der Waals surface area contributed by atoms with E-state index < -0.39 is 6.04 Å². The minimum absolute atomic E-state index is 0.0100. The molecular weight excluding hydrogens is 228 g/mol. The third-order valence-electron chi connectivity index (χ3n) is 3.93. The molecule has 0 aliphatic heterocycles. The number of rotatable bonds is 7. The first kappa shape index (κ1) is 15.4. The Morgan fingerprint density at radius 2 is 2.06 bits per heavy atom. The highest BCUT2D eigenvalue weighted by Crippen LogP contribution is 2.26. The van der Waals surface area contributed by atoms with Crippen LogP contribution in [0.2, 0.25) is 0 Å². The summed E-state index contributed by atoms with van der Waals surface area (Å²) in [7, 11) is 1.66. The Morgan fingerprint density at radius 3 is 2.67 bits per heavy atom. The van der Waals surface area contributed by atoms with Crippen molar-refractivity contribution < 1.29 is 9.53 Å². The van der Waals surface area contributed by atoms with E-state index in [1.807, 2.05) is 0 Å². The fourth-order valence-electron chi connectivity index (χ4n) is 2.66. The van der Waals surface area contributed by atoms with Crippen molar-refractivity contribution in [1.82, 2.24) is 5.32 Å². The van der Waals surface area contributed by atoms with Crippen molar-refractivity contribution in [3.63, 3.8) is 0 Å². The summed E-state index contributed by atoms with van der Waals surface area (Å²) in [6.07, 6.45) is 7.93. The number of amides is 1. The van der Waals surface area contributed by atoms with Crippen LogP contribution in [-0.2, 0) is 9.53 Å². The molecule has 2 atom stereocenters. The van der Waals surface area contributed by atoms with Crippen LogP contribution in [0.5, 0.6) is 0 Å². The minimum atomic E-state index is -0.397. The summed E-state index contributed by atoms with van der Waals surface area (Å²) >= 11 is 0. The predicted octanol–water partition coefficient (Wildman–Crippen LogP) is 1.83. The molecule has 4 heteroatoms. The van der Waals surface area contributed by atoms with Gasteiger partial charge in [0.2, 0.25) is 5.91 Å². The van der Waals surface area contributed by atoms with Gasteiger partial charge in [-0.3, -0.25) is 4.79 Å². The standard InChI is InChI=1S/C14H28N2O2/c1-11(12-7-4-3-5-8-12)16-14(17)13(15)9-6-10-18-2/h11-13H,3-10,15H2,1-2H3,(H,16,17). The van der Waals surface area contributed by atoms with Crippen molar-refractivity contribution in [2.45, 2.75) is 64.0 Å². The van der Waals surface area contributed by atoms with Gasteiger partial charge in [0, 0.05) is 19.8 Å². The van der Waals surface area contributed by atoms with E-state index in [1.54, 1.807) is 7.11 Å². The number of nitrogens with one attached hydrogen (secondary N) is 1. The van der Waals surface area contributed by atoms with Crippen molar-refractivity contribution in [2.24, 2.45) is 11.7 Å². The lowest BCUT2D eigenvalue weighted by Gasteiger charge is -2.29. The number of carbonyl (C=O) groups is 1. The van der Waals surface area contributed by atoms with Crippen LogP contribution in [0, 0.1) is 5.92 Å². The van der Waals surface area contributed by atoms with Gasteiger partial charge < -0.3 is 15.8 Å². The first-order valence-corrected chi connectivity index (χ1v) is 7.20. The molecule has 18 heavy (non-hydrogen) atoms. The second kappa shape index (κ2) is 8.48. The summed E-state index contributed by atoms with van der Waals surface area (Å²) in [5.41, 5.74) is 5.87. The van der Waals surface area contributed by atoms with Gasteiger partial charge in [-0.15, -0.1) is 0 Å². The van der Waals surface area contributed by atoms with Gasteiger partial charge in [-0.25, -0.2) is 0 Å². The Labute approximate surface area is 111 Å². The summed E-state index contributed by atoms with van der Waals surface area (Å²) in [4.78, 5) is 11.9. The maximum atomic E-state index is 11.9. The molecule has 1 aliphatic rings. The average Bonchev–Trinajstić information content (AvgIpc) is 2.39. The summed E-state index contributed by atoms with van der Waals surface area (Å²) < 4.78 is 4.96. The van der Waals surface area contributed by atoms with Crippen LogP contribution in [-0.4, -0.2) is 31.7 Å². The second-order valence-electron chi connectivity index (χ2n) is 5.44. The zero-order valence-electron chi connectivity index (χ0n) is 11.8. The van der Waals surface area contributed by atoms with Crippen LogP contribution in [0.15, 0.2) is 0 Å². The molecule has 0 heterocycles. The third-order valence-corrected chi connectivity index (χ3v) is 3.93. The molecule has 4 nitrogen and oxygen atoms in total. The number of hydrogen-bond acceptors (Lipinski definition) is 3. The molecule has 0 aromatic carbocycles. The molecule has 0 aromatic rings. The summed E-state index contributed by atoms with van der Waals surface area (Å²) in [5.74, 6) is 0.623. The van der Waals surface area contributed by atoms with Gasteiger partial charge in [-0.05, 0) is 38.5 Å². The molecule has 1 saturated carbocycles. The van der Waals surface area contributed by atoms with Gasteiger partial charge in [0.15, 0.2) is 0 Å². The summed E-state index contributed by atoms with van der Waals surface area (Å²) in [6.45, 7) is 2.77. The molecule has 0 saturated heterocycles. The zero-order chi connectivity index (χ0) is 13.4. The van der Waals surface area contributed by atoms with Crippen LogP contribution < -0.4 is 11.1 Å². The molecule has 0 radical (unpaired) electrons. The van der Waals surface area contributed by atoms with E-state index in [2.05, 4.69) is 12.2 Å². The quantitative estimate of drug-likeness (QED) is 0.683. The monoisotopic (exact) mass is 256 g/mol. The number of hydrogen-bond donors (Lipinski definition) is 2. The second-order valence-corrected chi connectivity index (χ2v) is 5.44. The molecule has 0 spiro atoms. The fraction of sp³-hybridized carbons (Fsp3) is 0.929. The Kier molecular flexibility index (Phi) is 7.28. The van der Waals surface area contributed by atoms with E-state index in [0.717, 1.165) is 6.42 Å². The molecule has 106 valence electrons. The van der Waals surface area contributed by atoms with Crippen molar-refractivity contribution in [3.05, 3.63) is 0 Å². The van der Waals surface area contributed by atoms with Gasteiger partial charge in [0.1, 0.15) is 0 Å². The van der Waals surface area contributed by atoms with Crippen LogP contribution in [0.4, 0.5) is 0 Å². The topological polar surface area (TPSA) is 64.3 Å². The Hall–Kier alpha value is -0.610. The Bertz CT molecular complexity index is 240. The van der Waals surface area contributed by atoms with Crippen molar-refractivity contribution in [1.29, 1.82) is 0 Å². The molecule has 1 amide bonds. The van der Waals surface area contributed by atoms with Gasteiger partial charge in [-0.2, -0.15) is 0 Å². The van der Waals surface area contributed by atoms with Gasteiger partial charge in [-0.1, -0.05) is 19.3 Å². The molecule has 1 aliphatic carbocycles. The van der Waals surface area contributed by atoms with E-state index in [9.17, 15) is 4.79 Å². The van der Waals surface area contributed by atoms with Crippen LogP contribution >= 0.6 is 0 Å². The van der Waals surface area contributed by atoms with Crippen molar-refractivity contribution in [2.75, 3.05) is 13.7 Å². The zero-order valence-corrected chi connectivity index (χ0v) is 11.8. The first-order chi connectivity index (χ1) is 8.65. The molecular formula is C14H28N2O2. The molecule has 0 bridgehead atoms. The molecule has 1 rings (SSSR count). The number of carbonyl (C=O) groups excluding carboxylic acids is 1. The smallest absolute Gasteiger partial charge is 0.237 e. The van der Waals surface area contributed by atoms with Crippen LogP contribution in [0.3, 0.4) is 0 Å². The minimum Gasteiger partial charge on any atom is -0.385 e. The maximum absolute atomic E-state index is 11.9. The summed E-state index contributed by atoms with van der Waals surface area (Å²) in [5, 5.41) is 3.07. The van der Waals surface area contributed by atoms with Crippen LogP contribution in [0.25, 0.3) is 0 Å². The average molecular weight is 256 g/mol. The highest BCUT2D eigenvalue weighted by molar-refractivity contribution is 5.81. The van der Waals surface area contributed by atoms with Gasteiger partial charge in [0.25, 0.3) is 0 Å². The van der Waals surface area contributed by atoms with Gasteiger partial charge >= 0.3 is 0 Å². The predicted molar refractivity (Wildman–Crippen MR) is 73.3 cm³/mol. The lowest BCUT2D eigenvalue weighted by atomic mass is 9.84. The van der Waals surface area contributed by atoms with Gasteiger partial charge in [0.05, 0.1) is 6.04 Å². The van der Waals surface area contributed by atoms with E-state index in [1.165, 1.54) is 32.1 Å². The first-order valence-electron chi connectivity index (χ1n) is 7.20. The Balaban J connectivity index is 2.24. The molecule has 3 N–H and O–H groups in total. The van der Waals surface area contributed by atoms with Crippen molar-refractivity contribution >= 4 is 5.91 Å². The number of nitrogens with two attached hydrogens (primary N) is 1. The SMILES string of the molecule is COCCCC(N)C(=O)NC(C)C1CCCCC1. The fourth-order valence-corrected chi connectivity index (χ4v) is 2.66. The Morgan fingerprint density at radius 1 is 1.39 bits per heavy atom. The molecule has 1 fully saturated rings. The maximum Gasteiger partial charge on any atom is 0.237 e. The molecule has 2 unspecified atom stereocenters. The summed E-state index contributed by atoms with van der Waals surface area (Å²) in [6, 6.07) is -0.141. The van der Waals surface area contributed by atoms with E-state index in [4.69, 9.17) is 10.5 Å². The van der Waals surface area contributed by atoms with Crippen molar-refractivity contribution in [3.8, 4) is 0 Å². The number of ether oxygens (including phenoxy) is 1. The van der Waals surface area contributed by atoms with E-state index >= 15 is 0 Å². The molecule has 0 aromatic heterocycles. The normalized spacial score (nSPS) is 20.4. The largest absolute Gasteiger partial charge is 0.385 e. The highest BCUT2D eigenvalue weighted by Gasteiger charge is 2.23. The number of methoxy groups -OCH3 is 1. The van der Waals surface area contributed by atoms with Crippen LogP contribution in [0.1, 0.15) is 51.9 Å². The lowest BCUT2D eigenvalue weighted by Crippen LogP contribution is -2.47. The highest BCUT2D eigenvalue weighted by atomic mass is 16.5.